The number of halogens is 2. The van der Waals surface area contributed by atoms with Crippen molar-refractivity contribution in [2.75, 3.05) is 24.2 Å². The summed E-state index contributed by atoms with van der Waals surface area (Å²) in [7, 11) is 2.11. The molecule has 2 N–H and O–H groups in total. The van der Waals surface area contributed by atoms with Crippen molar-refractivity contribution in [3.8, 4) is 0 Å². The van der Waals surface area contributed by atoms with Gasteiger partial charge in [-0.1, -0.05) is 12.1 Å². The molecule has 0 atom stereocenters. The molecular formula is C10H16Cl2N2. The van der Waals surface area contributed by atoms with Gasteiger partial charge in [0.2, 0.25) is 0 Å². The average molecular weight is 235 g/mol. The van der Waals surface area contributed by atoms with Crippen LogP contribution in [0.2, 0.25) is 0 Å². The zero-order valence-electron chi connectivity index (χ0n) is 8.19. The van der Waals surface area contributed by atoms with Gasteiger partial charge in [0.15, 0.2) is 0 Å². The fourth-order valence-electron chi connectivity index (χ4n) is 1.90. The molecule has 80 valence electrons. The molecule has 2 nitrogen and oxygen atoms in total. The van der Waals surface area contributed by atoms with Gasteiger partial charge in [-0.25, -0.2) is 0 Å². The van der Waals surface area contributed by atoms with Crippen molar-refractivity contribution in [3.05, 3.63) is 23.8 Å². The van der Waals surface area contributed by atoms with E-state index in [2.05, 4.69) is 18.0 Å². The van der Waals surface area contributed by atoms with Crippen LogP contribution in [0.3, 0.4) is 0 Å². The van der Waals surface area contributed by atoms with Crippen LogP contribution in [-0.2, 0) is 6.42 Å². The Hall–Kier alpha value is -0.600. The van der Waals surface area contributed by atoms with Crippen LogP contribution in [0.1, 0.15) is 12.0 Å². The van der Waals surface area contributed by atoms with E-state index in [0.717, 1.165) is 12.2 Å². The number of para-hydroxylation sites is 1. The van der Waals surface area contributed by atoms with Crippen LogP contribution in [0.4, 0.5) is 11.4 Å². The van der Waals surface area contributed by atoms with Crippen molar-refractivity contribution >= 4 is 36.2 Å². The van der Waals surface area contributed by atoms with Crippen LogP contribution in [0, 0.1) is 0 Å². The van der Waals surface area contributed by atoms with Crippen molar-refractivity contribution in [2.45, 2.75) is 12.8 Å². The third kappa shape index (κ3) is 2.25. The van der Waals surface area contributed by atoms with E-state index >= 15 is 0 Å². The molecule has 1 aliphatic rings. The summed E-state index contributed by atoms with van der Waals surface area (Å²) < 4.78 is 0. The third-order valence-corrected chi connectivity index (χ3v) is 2.47. The van der Waals surface area contributed by atoms with E-state index in [1.807, 2.05) is 12.1 Å². The lowest BCUT2D eigenvalue weighted by molar-refractivity contribution is 0.746. The van der Waals surface area contributed by atoms with Gasteiger partial charge < -0.3 is 10.6 Å². The minimum absolute atomic E-state index is 0. The van der Waals surface area contributed by atoms with E-state index in [9.17, 15) is 0 Å². The molecule has 0 aromatic heterocycles. The number of anilines is 2. The molecule has 0 fully saturated rings. The normalized spacial score (nSPS) is 13.6. The lowest BCUT2D eigenvalue weighted by atomic mass is 10.0. The Bertz CT molecular complexity index is 302. The van der Waals surface area contributed by atoms with Crippen molar-refractivity contribution in [3.63, 3.8) is 0 Å². The lowest BCUT2D eigenvalue weighted by Gasteiger charge is -2.28. The molecule has 0 aliphatic carbocycles. The highest BCUT2D eigenvalue weighted by atomic mass is 35.5. The van der Waals surface area contributed by atoms with Crippen LogP contribution < -0.4 is 10.6 Å². The quantitative estimate of drug-likeness (QED) is 0.700. The van der Waals surface area contributed by atoms with Gasteiger partial charge in [-0.3, -0.25) is 0 Å². The van der Waals surface area contributed by atoms with Gasteiger partial charge in [0, 0.05) is 13.6 Å². The van der Waals surface area contributed by atoms with Gasteiger partial charge in [-0.05, 0) is 24.5 Å². The van der Waals surface area contributed by atoms with Crippen molar-refractivity contribution in [1.82, 2.24) is 0 Å². The molecule has 14 heavy (non-hydrogen) atoms. The Morgan fingerprint density at radius 2 is 2.00 bits per heavy atom. The molecular weight excluding hydrogens is 219 g/mol. The zero-order chi connectivity index (χ0) is 8.55. The predicted molar refractivity (Wildman–Crippen MR) is 66.9 cm³/mol. The molecule has 0 radical (unpaired) electrons. The Morgan fingerprint density at radius 1 is 1.29 bits per heavy atom. The van der Waals surface area contributed by atoms with Crippen LogP contribution in [0.15, 0.2) is 18.2 Å². The zero-order valence-corrected chi connectivity index (χ0v) is 9.83. The molecule has 2 rings (SSSR count). The Labute approximate surface area is 97.3 Å². The van der Waals surface area contributed by atoms with E-state index in [1.165, 1.54) is 24.1 Å². The fraction of sp³-hybridized carbons (Fsp3) is 0.400. The highest BCUT2D eigenvalue weighted by Crippen LogP contribution is 2.31. The molecule has 0 unspecified atom stereocenters. The van der Waals surface area contributed by atoms with Crippen LogP contribution in [-0.4, -0.2) is 13.6 Å². The van der Waals surface area contributed by atoms with E-state index in [-0.39, 0.29) is 24.8 Å². The molecule has 1 heterocycles. The summed E-state index contributed by atoms with van der Waals surface area (Å²) >= 11 is 0. The van der Waals surface area contributed by atoms with Crippen LogP contribution in [0.5, 0.6) is 0 Å². The second-order valence-electron chi connectivity index (χ2n) is 3.38. The highest BCUT2D eigenvalue weighted by Gasteiger charge is 2.14. The van der Waals surface area contributed by atoms with Gasteiger partial charge in [0.05, 0.1) is 11.4 Å². The predicted octanol–water partition coefficient (Wildman–Crippen LogP) is 2.49. The molecule has 0 saturated heterocycles. The summed E-state index contributed by atoms with van der Waals surface area (Å²) in [5.41, 5.74) is 9.43. The molecule has 0 bridgehead atoms. The summed E-state index contributed by atoms with van der Waals surface area (Å²) in [4.78, 5) is 2.24. The largest absolute Gasteiger partial charge is 0.397 e. The van der Waals surface area contributed by atoms with E-state index in [4.69, 9.17) is 5.73 Å². The minimum atomic E-state index is 0. The summed E-state index contributed by atoms with van der Waals surface area (Å²) in [6, 6.07) is 6.18. The molecule has 1 aliphatic heterocycles. The Kier molecular flexibility index (Phi) is 5.09. The van der Waals surface area contributed by atoms with E-state index in [1.54, 1.807) is 0 Å². The number of rotatable bonds is 0. The molecule has 0 amide bonds. The summed E-state index contributed by atoms with van der Waals surface area (Å²) in [5, 5.41) is 0. The topological polar surface area (TPSA) is 29.3 Å². The second-order valence-corrected chi connectivity index (χ2v) is 3.38. The maximum atomic E-state index is 5.89. The first-order valence-corrected chi connectivity index (χ1v) is 4.37. The molecule has 1 aromatic carbocycles. The maximum Gasteiger partial charge on any atom is 0.0629 e. The minimum Gasteiger partial charge on any atom is -0.397 e. The number of hydrogen-bond acceptors (Lipinski definition) is 2. The number of benzene rings is 1. The third-order valence-electron chi connectivity index (χ3n) is 2.47. The fourth-order valence-corrected chi connectivity index (χ4v) is 1.90. The molecule has 0 saturated carbocycles. The van der Waals surface area contributed by atoms with Gasteiger partial charge in [-0.2, -0.15) is 0 Å². The van der Waals surface area contributed by atoms with Gasteiger partial charge in [-0.15, -0.1) is 24.8 Å². The van der Waals surface area contributed by atoms with Crippen LogP contribution in [0.25, 0.3) is 0 Å². The lowest BCUT2D eigenvalue weighted by Crippen LogP contribution is -2.25. The first kappa shape index (κ1) is 13.4. The molecule has 0 spiro atoms. The van der Waals surface area contributed by atoms with Crippen molar-refractivity contribution in [1.29, 1.82) is 0 Å². The van der Waals surface area contributed by atoms with Crippen LogP contribution >= 0.6 is 24.8 Å². The monoisotopic (exact) mass is 234 g/mol. The number of nitrogens with zero attached hydrogens (tertiary/aromatic N) is 1. The molecule has 1 aromatic rings. The Morgan fingerprint density at radius 3 is 2.64 bits per heavy atom. The highest BCUT2D eigenvalue weighted by molar-refractivity contribution is 5.85. The maximum absolute atomic E-state index is 5.89. The van der Waals surface area contributed by atoms with E-state index in [0.29, 0.717) is 0 Å². The summed E-state index contributed by atoms with van der Waals surface area (Å²) in [5.74, 6) is 0. The number of hydrogen-bond donors (Lipinski definition) is 1. The molecule has 4 heteroatoms. The smallest absolute Gasteiger partial charge is 0.0629 e. The number of nitrogens with two attached hydrogens (primary N) is 1. The van der Waals surface area contributed by atoms with Crippen molar-refractivity contribution < 1.29 is 0 Å². The Balaban J connectivity index is 0.000000845. The first-order valence-electron chi connectivity index (χ1n) is 4.37. The summed E-state index contributed by atoms with van der Waals surface area (Å²) in [6.07, 6.45) is 2.41. The SMILES string of the molecule is CN1CCCc2cccc(N)c21.Cl.Cl. The number of nitrogen functional groups attached to an aromatic ring is 1. The van der Waals surface area contributed by atoms with Gasteiger partial charge >= 0.3 is 0 Å². The number of fused-ring (bicyclic) bond motifs is 1. The standard InChI is InChI=1S/C10H14N2.2ClH/c1-12-7-3-5-8-4-2-6-9(11)10(8)12;;/h2,4,6H,3,5,7,11H2,1H3;2*1H. The average Bonchev–Trinajstić information content (AvgIpc) is 2.04. The first-order chi connectivity index (χ1) is 5.79. The van der Waals surface area contributed by atoms with E-state index < -0.39 is 0 Å². The number of aryl methyl sites for hydroxylation is 1. The second kappa shape index (κ2) is 5.32. The van der Waals surface area contributed by atoms with Crippen molar-refractivity contribution in [2.24, 2.45) is 0 Å². The van der Waals surface area contributed by atoms with Gasteiger partial charge in [0.25, 0.3) is 0 Å². The summed E-state index contributed by atoms with van der Waals surface area (Å²) in [6.45, 7) is 1.13. The van der Waals surface area contributed by atoms with Gasteiger partial charge in [0.1, 0.15) is 0 Å².